The Morgan fingerprint density at radius 1 is 0.976 bits per heavy atom. The number of benzene rings is 3. The van der Waals surface area contributed by atoms with Gasteiger partial charge in [-0.2, -0.15) is 0 Å². The molecule has 0 unspecified atom stereocenters. The molecule has 0 atom stereocenters. The molecule has 0 aliphatic carbocycles. The minimum atomic E-state index is -0.232. The molecule has 0 radical (unpaired) electrons. The molecule has 4 rings (SSSR count). The largest absolute Gasteiger partial charge is 0.493 e. The van der Waals surface area contributed by atoms with E-state index in [-0.39, 0.29) is 17.4 Å². The second-order valence-corrected chi connectivity index (χ2v) is 10.2. The van der Waals surface area contributed by atoms with Crippen LogP contribution >= 0.6 is 23.4 Å². The fourth-order valence-corrected chi connectivity index (χ4v) is 4.87. The van der Waals surface area contributed by atoms with E-state index in [2.05, 4.69) is 22.1 Å². The van der Waals surface area contributed by atoms with Crippen LogP contribution in [0.2, 0.25) is 5.02 Å². The number of rotatable bonds is 13. The zero-order valence-corrected chi connectivity index (χ0v) is 24.9. The maximum Gasteiger partial charge on any atom is 0.234 e. The van der Waals surface area contributed by atoms with Gasteiger partial charge >= 0.3 is 0 Å². The van der Waals surface area contributed by atoms with Gasteiger partial charge in [0.15, 0.2) is 28.3 Å². The van der Waals surface area contributed by atoms with Gasteiger partial charge in [0.25, 0.3) is 0 Å². The number of allylic oxidation sites excluding steroid dienone is 2. The van der Waals surface area contributed by atoms with E-state index in [4.69, 9.17) is 25.8 Å². The molecule has 1 heterocycles. The van der Waals surface area contributed by atoms with E-state index < -0.39 is 0 Å². The van der Waals surface area contributed by atoms with Crippen LogP contribution in [0.15, 0.2) is 84.6 Å². The Kier molecular flexibility index (Phi) is 10.4. The van der Waals surface area contributed by atoms with Gasteiger partial charge < -0.3 is 19.5 Å². The Bertz CT molecular complexity index is 1580. The van der Waals surface area contributed by atoms with E-state index >= 15 is 0 Å². The monoisotopic (exact) mass is 604 g/mol. The Morgan fingerprint density at radius 3 is 2.24 bits per heavy atom. The Balaban J connectivity index is 1.41. The van der Waals surface area contributed by atoms with Crippen LogP contribution in [0, 0.1) is 0 Å². The lowest BCUT2D eigenvalue weighted by Gasteiger charge is -2.14. The van der Waals surface area contributed by atoms with Gasteiger partial charge in [0, 0.05) is 28.4 Å². The Labute approximate surface area is 253 Å². The molecule has 1 amide bonds. The SMILES string of the molecule is C=CCn1c(SCC(=O)Nc2ccc(C(=O)/C=C/c3ccc(Cl)cc3)cc2)nnc1-c1cc(OC)c(OC)c(OC)c1. The van der Waals surface area contributed by atoms with Crippen molar-refractivity contribution in [1.29, 1.82) is 0 Å². The van der Waals surface area contributed by atoms with Crippen molar-refractivity contribution in [2.24, 2.45) is 0 Å². The lowest BCUT2D eigenvalue weighted by molar-refractivity contribution is -0.113. The summed E-state index contributed by atoms with van der Waals surface area (Å²) in [7, 11) is 4.62. The fraction of sp³-hybridized carbons (Fsp3) is 0.161. The number of thioether (sulfide) groups is 1. The average Bonchev–Trinajstić information content (AvgIpc) is 3.41. The predicted molar refractivity (Wildman–Crippen MR) is 166 cm³/mol. The topological polar surface area (TPSA) is 105 Å². The molecule has 42 heavy (non-hydrogen) atoms. The number of methoxy groups -OCH3 is 3. The summed E-state index contributed by atoms with van der Waals surface area (Å²) in [5.41, 5.74) is 2.65. The highest BCUT2D eigenvalue weighted by atomic mass is 35.5. The fourth-order valence-electron chi connectivity index (χ4n) is 4.00. The number of ketones is 1. The molecular formula is C31H29ClN4O5S. The van der Waals surface area contributed by atoms with Gasteiger partial charge in [-0.05, 0) is 60.2 Å². The first-order valence-corrected chi connectivity index (χ1v) is 14.1. The summed E-state index contributed by atoms with van der Waals surface area (Å²) in [6.07, 6.45) is 4.95. The van der Waals surface area contributed by atoms with Crippen molar-refractivity contribution in [2.45, 2.75) is 11.7 Å². The molecule has 0 aliphatic rings. The molecule has 0 saturated heterocycles. The van der Waals surface area contributed by atoms with Crippen molar-refractivity contribution >= 4 is 46.8 Å². The van der Waals surface area contributed by atoms with Gasteiger partial charge in [-0.3, -0.25) is 14.2 Å². The molecule has 1 N–H and O–H groups in total. The van der Waals surface area contributed by atoms with Crippen molar-refractivity contribution in [3.8, 4) is 28.6 Å². The van der Waals surface area contributed by atoms with Crippen LogP contribution in [-0.4, -0.2) is 53.5 Å². The minimum Gasteiger partial charge on any atom is -0.493 e. The van der Waals surface area contributed by atoms with Crippen LogP contribution in [0.25, 0.3) is 17.5 Å². The summed E-state index contributed by atoms with van der Waals surface area (Å²) in [4.78, 5) is 25.3. The lowest BCUT2D eigenvalue weighted by Crippen LogP contribution is -2.14. The highest BCUT2D eigenvalue weighted by Gasteiger charge is 2.20. The highest BCUT2D eigenvalue weighted by molar-refractivity contribution is 7.99. The van der Waals surface area contributed by atoms with Gasteiger partial charge in [0.2, 0.25) is 11.7 Å². The Morgan fingerprint density at radius 2 is 1.64 bits per heavy atom. The average molecular weight is 605 g/mol. The van der Waals surface area contributed by atoms with Crippen molar-refractivity contribution in [2.75, 3.05) is 32.4 Å². The predicted octanol–water partition coefficient (Wildman–Crippen LogP) is 6.44. The van der Waals surface area contributed by atoms with Crippen molar-refractivity contribution < 1.29 is 23.8 Å². The zero-order valence-electron chi connectivity index (χ0n) is 23.3. The summed E-state index contributed by atoms with van der Waals surface area (Å²) < 4.78 is 18.2. The molecule has 11 heteroatoms. The first-order chi connectivity index (χ1) is 20.4. The first kappa shape index (κ1) is 30.4. The molecule has 0 fully saturated rings. The number of hydrogen-bond acceptors (Lipinski definition) is 8. The number of hydrogen-bond donors (Lipinski definition) is 1. The van der Waals surface area contributed by atoms with E-state index in [1.165, 1.54) is 24.9 Å². The number of ether oxygens (including phenoxy) is 3. The van der Waals surface area contributed by atoms with Crippen LogP contribution in [0.1, 0.15) is 15.9 Å². The van der Waals surface area contributed by atoms with Gasteiger partial charge in [-0.25, -0.2) is 0 Å². The van der Waals surface area contributed by atoms with Crippen LogP contribution in [0.5, 0.6) is 17.2 Å². The summed E-state index contributed by atoms with van der Waals surface area (Å²) in [6, 6.07) is 17.5. The van der Waals surface area contributed by atoms with Crippen LogP contribution < -0.4 is 19.5 Å². The number of nitrogens with zero attached hydrogens (tertiary/aromatic N) is 3. The molecule has 0 spiro atoms. The van der Waals surface area contributed by atoms with Crippen LogP contribution in [0.4, 0.5) is 5.69 Å². The molecule has 0 bridgehead atoms. The van der Waals surface area contributed by atoms with Gasteiger partial charge in [0.05, 0.1) is 27.1 Å². The third-order valence-corrected chi connectivity index (χ3v) is 7.25. The molecule has 4 aromatic rings. The number of nitrogens with one attached hydrogen (secondary N) is 1. The summed E-state index contributed by atoms with van der Waals surface area (Å²) in [5, 5.41) is 12.7. The number of aromatic nitrogens is 3. The number of halogens is 1. The molecule has 1 aromatic heterocycles. The normalized spacial score (nSPS) is 10.9. The summed E-state index contributed by atoms with van der Waals surface area (Å²) in [5.74, 6) is 1.71. The highest BCUT2D eigenvalue weighted by Crippen LogP contribution is 2.41. The third kappa shape index (κ3) is 7.39. The lowest BCUT2D eigenvalue weighted by atomic mass is 10.1. The second-order valence-electron chi connectivity index (χ2n) is 8.78. The van der Waals surface area contributed by atoms with Crippen LogP contribution in [-0.2, 0) is 11.3 Å². The van der Waals surface area contributed by atoms with Crippen molar-refractivity contribution in [1.82, 2.24) is 14.8 Å². The minimum absolute atomic E-state index is 0.0923. The Hall–Kier alpha value is -4.54. The number of carbonyl (C=O) groups is 2. The van der Waals surface area contributed by atoms with E-state index in [0.29, 0.717) is 56.6 Å². The van der Waals surface area contributed by atoms with E-state index in [1.54, 1.807) is 74.9 Å². The molecule has 216 valence electrons. The summed E-state index contributed by atoms with van der Waals surface area (Å²) >= 11 is 7.14. The quantitative estimate of drug-likeness (QED) is 0.0805. The van der Waals surface area contributed by atoms with E-state index in [9.17, 15) is 9.59 Å². The number of amides is 1. The number of carbonyl (C=O) groups excluding carboxylic acids is 2. The van der Waals surface area contributed by atoms with Gasteiger partial charge in [0.1, 0.15) is 0 Å². The molecule has 3 aromatic carbocycles. The smallest absolute Gasteiger partial charge is 0.234 e. The van der Waals surface area contributed by atoms with Crippen molar-refractivity contribution in [3.63, 3.8) is 0 Å². The number of anilines is 1. The van der Waals surface area contributed by atoms with E-state index in [0.717, 1.165) is 5.56 Å². The molecule has 9 nitrogen and oxygen atoms in total. The van der Waals surface area contributed by atoms with Gasteiger partial charge in [-0.15, -0.1) is 16.8 Å². The van der Waals surface area contributed by atoms with Crippen molar-refractivity contribution in [3.05, 3.63) is 95.5 Å². The summed E-state index contributed by atoms with van der Waals surface area (Å²) in [6.45, 7) is 4.26. The second kappa shape index (κ2) is 14.4. The maximum atomic E-state index is 12.7. The zero-order chi connectivity index (χ0) is 30.1. The first-order valence-electron chi connectivity index (χ1n) is 12.7. The van der Waals surface area contributed by atoms with Crippen LogP contribution in [0.3, 0.4) is 0 Å². The van der Waals surface area contributed by atoms with E-state index in [1.807, 2.05) is 16.7 Å². The molecule has 0 saturated carbocycles. The molecular weight excluding hydrogens is 576 g/mol. The van der Waals surface area contributed by atoms with Gasteiger partial charge in [-0.1, -0.05) is 47.6 Å². The maximum absolute atomic E-state index is 12.7. The molecule has 0 aliphatic heterocycles. The third-order valence-electron chi connectivity index (χ3n) is 6.03. The standard InChI is InChI=1S/C31H29ClN4O5S/c1-5-16-36-30(22-17-26(39-2)29(41-4)27(18-22)40-3)34-35-31(36)42-19-28(38)33-24-13-9-21(10-14-24)25(37)15-8-20-6-11-23(32)12-7-20/h5-15,17-18H,1,16,19H2,2-4H3,(H,33,38)/b15-8+.